The van der Waals surface area contributed by atoms with Gasteiger partial charge in [-0.25, -0.2) is 15.0 Å². The molecule has 0 aliphatic heterocycles. The molecule has 134 valence electrons. The first kappa shape index (κ1) is 19.1. The molecular formula is C18H24ClN5O. The minimum atomic E-state index is 0.375. The van der Waals surface area contributed by atoms with Crippen LogP contribution in [-0.2, 0) is 4.74 Å². The average Bonchev–Trinajstić information content (AvgIpc) is 3.10. The summed E-state index contributed by atoms with van der Waals surface area (Å²) in [5, 5.41) is 0.375. The number of ether oxygens (including phenoxy) is 1. The number of H-pyrrole nitrogens is 1. The second kappa shape index (κ2) is 9.34. The second-order valence-electron chi connectivity index (χ2n) is 5.07. The molecule has 0 aliphatic carbocycles. The van der Waals surface area contributed by atoms with Crippen LogP contribution in [0.15, 0.2) is 30.6 Å². The van der Waals surface area contributed by atoms with Crippen LogP contribution in [0.2, 0.25) is 5.15 Å². The highest BCUT2D eigenvalue weighted by Gasteiger charge is 2.11. The Kier molecular flexibility index (Phi) is 7.16. The monoisotopic (exact) mass is 361 g/mol. The van der Waals surface area contributed by atoms with E-state index in [0.717, 1.165) is 30.2 Å². The Morgan fingerprint density at radius 1 is 1.24 bits per heavy atom. The van der Waals surface area contributed by atoms with Crippen molar-refractivity contribution in [3.05, 3.63) is 35.7 Å². The summed E-state index contributed by atoms with van der Waals surface area (Å²) in [5.41, 5.74) is 3.32. The number of benzene rings is 1. The third-order valence-electron chi connectivity index (χ3n) is 3.67. The molecule has 0 saturated carbocycles. The molecule has 0 atom stereocenters. The fourth-order valence-electron chi connectivity index (χ4n) is 2.46. The number of aromatic amines is 1. The lowest BCUT2D eigenvalue weighted by Gasteiger charge is -2.23. The number of nitrogens with one attached hydrogen (secondary N) is 1. The van der Waals surface area contributed by atoms with E-state index < -0.39 is 0 Å². The fourth-order valence-corrected chi connectivity index (χ4v) is 2.63. The lowest BCUT2D eigenvalue weighted by Crippen LogP contribution is -2.26. The van der Waals surface area contributed by atoms with Crippen LogP contribution >= 0.6 is 11.6 Å². The Balaban J connectivity index is 0.00000109. The van der Waals surface area contributed by atoms with Crippen LogP contribution in [0.4, 0.5) is 5.69 Å². The van der Waals surface area contributed by atoms with Gasteiger partial charge in [0.05, 0.1) is 6.61 Å². The van der Waals surface area contributed by atoms with E-state index in [0.29, 0.717) is 22.9 Å². The number of likely N-dealkylation sites (N-methyl/N-ethyl adjacent to an activating group) is 1. The number of imidazole rings is 1. The summed E-state index contributed by atoms with van der Waals surface area (Å²) in [6.07, 6.45) is 1.41. The number of rotatable bonds is 6. The molecule has 0 radical (unpaired) electrons. The van der Waals surface area contributed by atoms with Crippen molar-refractivity contribution >= 4 is 28.5 Å². The molecule has 0 bridgehead atoms. The number of anilines is 1. The average molecular weight is 362 g/mol. The first-order valence-corrected chi connectivity index (χ1v) is 8.81. The third kappa shape index (κ3) is 4.46. The molecule has 2 aromatic heterocycles. The Hall–Kier alpha value is -2.18. The van der Waals surface area contributed by atoms with E-state index in [1.54, 1.807) is 7.11 Å². The van der Waals surface area contributed by atoms with Crippen LogP contribution in [0, 0.1) is 0 Å². The highest BCUT2D eigenvalue weighted by molar-refractivity contribution is 6.33. The number of hydrogen-bond acceptors (Lipinski definition) is 5. The van der Waals surface area contributed by atoms with Gasteiger partial charge in [0.15, 0.2) is 10.8 Å². The van der Waals surface area contributed by atoms with Gasteiger partial charge in [-0.1, -0.05) is 37.6 Å². The van der Waals surface area contributed by atoms with Crippen molar-refractivity contribution in [2.24, 2.45) is 0 Å². The van der Waals surface area contributed by atoms with Gasteiger partial charge in [0.25, 0.3) is 0 Å². The Labute approximate surface area is 153 Å². The minimum absolute atomic E-state index is 0.375. The first-order chi connectivity index (χ1) is 12.2. The van der Waals surface area contributed by atoms with Crippen molar-refractivity contribution in [1.29, 1.82) is 0 Å². The highest BCUT2D eigenvalue weighted by atomic mass is 35.5. The molecule has 25 heavy (non-hydrogen) atoms. The molecule has 2 heterocycles. The first-order valence-electron chi connectivity index (χ1n) is 8.43. The molecule has 0 fully saturated rings. The van der Waals surface area contributed by atoms with E-state index in [2.05, 4.69) is 43.9 Å². The topological polar surface area (TPSA) is 66.9 Å². The van der Waals surface area contributed by atoms with Crippen molar-refractivity contribution in [2.75, 3.05) is 31.7 Å². The van der Waals surface area contributed by atoms with E-state index in [1.165, 1.54) is 6.33 Å². The normalized spacial score (nSPS) is 10.4. The van der Waals surface area contributed by atoms with E-state index in [9.17, 15) is 0 Å². The molecule has 0 unspecified atom stereocenters. The van der Waals surface area contributed by atoms with E-state index in [1.807, 2.05) is 26.0 Å². The molecule has 3 aromatic rings. The maximum atomic E-state index is 6.07. The zero-order valence-electron chi connectivity index (χ0n) is 15.1. The molecule has 3 rings (SSSR count). The van der Waals surface area contributed by atoms with Crippen LogP contribution in [-0.4, -0.2) is 46.7 Å². The van der Waals surface area contributed by atoms with Crippen molar-refractivity contribution < 1.29 is 4.74 Å². The SMILES string of the molecule is CC.CCN(CCOC)c1cccc(-c2nc3ncnc(Cl)c3[nH]2)c1. The van der Waals surface area contributed by atoms with Crippen molar-refractivity contribution in [2.45, 2.75) is 20.8 Å². The van der Waals surface area contributed by atoms with E-state index in [4.69, 9.17) is 16.3 Å². The zero-order chi connectivity index (χ0) is 18.2. The maximum absolute atomic E-state index is 6.07. The third-order valence-corrected chi connectivity index (χ3v) is 3.96. The van der Waals surface area contributed by atoms with Gasteiger partial charge in [0.2, 0.25) is 0 Å². The number of aromatic nitrogens is 4. The van der Waals surface area contributed by atoms with Crippen molar-refractivity contribution in [1.82, 2.24) is 19.9 Å². The van der Waals surface area contributed by atoms with Gasteiger partial charge in [-0.15, -0.1) is 0 Å². The minimum Gasteiger partial charge on any atom is -0.383 e. The Morgan fingerprint density at radius 3 is 2.72 bits per heavy atom. The molecule has 0 amide bonds. The summed E-state index contributed by atoms with van der Waals surface area (Å²) in [5.74, 6) is 0.729. The van der Waals surface area contributed by atoms with E-state index >= 15 is 0 Å². The zero-order valence-corrected chi connectivity index (χ0v) is 15.8. The van der Waals surface area contributed by atoms with Crippen LogP contribution in [0.3, 0.4) is 0 Å². The summed E-state index contributed by atoms with van der Waals surface area (Å²) in [6.45, 7) is 8.56. The van der Waals surface area contributed by atoms with Crippen LogP contribution in [0.5, 0.6) is 0 Å². The Bertz CT molecular complexity index is 805. The largest absolute Gasteiger partial charge is 0.383 e. The van der Waals surface area contributed by atoms with Gasteiger partial charge in [0, 0.05) is 31.5 Å². The molecule has 7 heteroatoms. The number of halogens is 1. The number of nitrogens with zero attached hydrogens (tertiary/aromatic N) is 4. The summed E-state index contributed by atoms with van der Waals surface area (Å²) in [4.78, 5) is 18.1. The van der Waals surface area contributed by atoms with Crippen LogP contribution in [0.25, 0.3) is 22.6 Å². The molecule has 1 aromatic carbocycles. The summed E-state index contributed by atoms with van der Waals surface area (Å²) in [7, 11) is 1.71. The van der Waals surface area contributed by atoms with Crippen LogP contribution in [0.1, 0.15) is 20.8 Å². The summed E-state index contributed by atoms with van der Waals surface area (Å²) in [6, 6.07) is 8.20. The standard InChI is InChI=1S/C16H18ClN5O.C2H6/c1-3-22(7-8-23-2)12-6-4-5-11(9-12)15-20-13-14(17)18-10-19-16(13)21-15;1-2/h4-6,9-10H,3,7-8H2,1-2H3,(H,18,19,20,21);1-2H3. The summed E-state index contributed by atoms with van der Waals surface area (Å²) >= 11 is 6.07. The number of hydrogen-bond donors (Lipinski definition) is 1. The smallest absolute Gasteiger partial charge is 0.182 e. The molecule has 6 nitrogen and oxygen atoms in total. The lowest BCUT2D eigenvalue weighted by molar-refractivity contribution is 0.205. The van der Waals surface area contributed by atoms with Crippen molar-refractivity contribution in [3.8, 4) is 11.4 Å². The molecule has 0 aliphatic rings. The maximum Gasteiger partial charge on any atom is 0.182 e. The van der Waals surface area contributed by atoms with Gasteiger partial charge >= 0.3 is 0 Å². The fraction of sp³-hybridized carbons (Fsp3) is 0.389. The lowest BCUT2D eigenvalue weighted by atomic mass is 10.1. The van der Waals surface area contributed by atoms with Gasteiger partial charge in [-0.2, -0.15) is 0 Å². The predicted molar refractivity (Wildman–Crippen MR) is 103 cm³/mol. The van der Waals surface area contributed by atoms with Crippen molar-refractivity contribution in [3.63, 3.8) is 0 Å². The van der Waals surface area contributed by atoms with Crippen LogP contribution < -0.4 is 4.90 Å². The van der Waals surface area contributed by atoms with Gasteiger partial charge < -0.3 is 14.6 Å². The summed E-state index contributed by atoms with van der Waals surface area (Å²) < 4.78 is 5.17. The predicted octanol–water partition coefficient (Wildman–Crippen LogP) is 4.17. The highest BCUT2D eigenvalue weighted by Crippen LogP contribution is 2.26. The second-order valence-corrected chi connectivity index (χ2v) is 5.43. The molecule has 0 saturated heterocycles. The van der Waals surface area contributed by atoms with Gasteiger partial charge in [-0.05, 0) is 19.1 Å². The van der Waals surface area contributed by atoms with Gasteiger partial charge in [-0.3, -0.25) is 0 Å². The molecular weight excluding hydrogens is 338 g/mol. The molecule has 1 N–H and O–H groups in total. The van der Waals surface area contributed by atoms with Gasteiger partial charge in [0.1, 0.15) is 17.7 Å². The molecule has 0 spiro atoms. The Morgan fingerprint density at radius 2 is 2.04 bits per heavy atom. The number of methoxy groups -OCH3 is 1. The number of fused-ring (bicyclic) bond motifs is 1. The van der Waals surface area contributed by atoms with E-state index in [-0.39, 0.29) is 0 Å². The quantitative estimate of drug-likeness (QED) is 0.667.